The number of aromatic nitrogens is 2. The van der Waals surface area contributed by atoms with E-state index in [1.165, 1.54) is 0 Å². The molecule has 1 N–H and O–H groups in total. The minimum Gasteiger partial charge on any atom is -0.396 e. The van der Waals surface area contributed by atoms with Crippen molar-refractivity contribution in [2.75, 3.05) is 6.61 Å². The lowest BCUT2D eigenvalue weighted by atomic mass is 10.1. The lowest BCUT2D eigenvalue weighted by Gasteiger charge is -2.07. The summed E-state index contributed by atoms with van der Waals surface area (Å²) in [5, 5.41) is 16.8. The summed E-state index contributed by atoms with van der Waals surface area (Å²) in [5.74, 6) is 0. The van der Waals surface area contributed by atoms with Gasteiger partial charge in [-0.05, 0) is 19.4 Å². The zero-order valence-electron chi connectivity index (χ0n) is 8.47. The number of aliphatic hydroxyl groups excluding tert-OH is 1. The third-order valence-corrected chi connectivity index (χ3v) is 2.26. The predicted molar refractivity (Wildman–Crippen MR) is 51.7 cm³/mol. The van der Waals surface area contributed by atoms with Crippen LogP contribution >= 0.6 is 0 Å². The van der Waals surface area contributed by atoms with Crippen LogP contribution in [0.5, 0.6) is 0 Å². The van der Waals surface area contributed by atoms with Gasteiger partial charge in [0.05, 0.1) is 18.3 Å². The minimum absolute atomic E-state index is 0.197. The van der Waals surface area contributed by atoms with E-state index in [2.05, 4.69) is 15.1 Å². The number of nitrogens with zero attached hydrogens (tertiary/aromatic N) is 5. The maximum atomic E-state index is 9.07. The molecular formula is C8H13N5O. The summed E-state index contributed by atoms with van der Waals surface area (Å²) in [5.41, 5.74) is 10.8. The molecule has 0 amide bonds. The van der Waals surface area contributed by atoms with Gasteiger partial charge in [-0.1, -0.05) is 5.11 Å². The highest BCUT2D eigenvalue weighted by Gasteiger charge is 2.17. The molecule has 0 saturated carbocycles. The first kappa shape index (κ1) is 10.6. The molecule has 6 heteroatoms. The normalized spacial score (nSPS) is 12.3. The standard InChI is InChI=1S/C8H13N5O/c1-5-8(6(2)13(3)11-5)7(4-14)10-12-9/h7,14H,4H2,1-3H3. The van der Waals surface area contributed by atoms with Crippen LogP contribution in [0.3, 0.4) is 0 Å². The Morgan fingerprint density at radius 2 is 2.29 bits per heavy atom. The molecule has 0 fully saturated rings. The van der Waals surface area contributed by atoms with E-state index >= 15 is 0 Å². The molecule has 0 spiro atoms. The summed E-state index contributed by atoms with van der Waals surface area (Å²) >= 11 is 0. The second-order valence-corrected chi connectivity index (χ2v) is 3.11. The number of hydrogen-bond acceptors (Lipinski definition) is 3. The van der Waals surface area contributed by atoms with Gasteiger partial charge in [0.1, 0.15) is 0 Å². The quantitative estimate of drug-likeness (QED) is 0.448. The van der Waals surface area contributed by atoms with Crippen molar-refractivity contribution in [2.24, 2.45) is 12.2 Å². The van der Waals surface area contributed by atoms with E-state index in [4.69, 9.17) is 10.6 Å². The van der Waals surface area contributed by atoms with Gasteiger partial charge in [-0.15, -0.1) is 0 Å². The van der Waals surface area contributed by atoms with Gasteiger partial charge in [-0.25, -0.2) is 0 Å². The van der Waals surface area contributed by atoms with Crippen molar-refractivity contribution in [3.05, 3.63) is 27.4 Å². The molecule has 1 aromatic rings. The Kier molecular flexibility index (Phi) is 3.11. The minimum atomic E-state index is -0.534. The molecule has 6 nitrogen and oxygen atoms in total. The van der Waals surface area contributed by atoms with E-state index < -0.39 is 6.04 Å². The molecule has 1 aromatic heterocycles. The number of aliphatic hydroxyl groups is 1. The monoisotopic (exact) mass is 195 g/mol. The van der Waals surface area contributed by atoms with Gasteiger partial charge in [0, 0.05) is 23.2 Å². The molecule has 0 aromatic carbocycles. The maximum absolute atomic E-state index is 9.07. The van der Waals surface area contributed by atoms with Crippen LogP contribution in [0, 0.1) is 13.8 Å². The molecule has 0 radical (unpaired) electrons. The smallest absolute Gasteiger partial charge is 0.0892 e. The summed E-state index contributed by atoms with van der Waals surface area (Å²) in [6.07, 6.45) is 0. The zero-order chi connectivity index (χ0) is 10.7. The Labute approximate surface area is 81.8 Å². The fourth-order valence-electron chi connectivity index (χ4n) is 1.52. The molecule has 14 heavy (non-hydrogen) atoms. The topological polar surface area (TPSA) is 86.8 Å². The van der Waals surface area contributed by atoms with E-state index in [-0.39, 0.29) is 6.61 Å². The Balaban J connectivity index is 3.21. The van der Waals surface area contributed by atoms with Crippen LogP contribution in [-0.4, -0.2) is 21.5 Å². The number of azide groups is 1. The van der Waals surface area contributed by atoms with Crippen LogP contribution in [0.2, 0.25) is 0 Å². The van der Waals surface area contributed by atoms with Gasteiger partial charge in [-0.2, -0.15) is 5.10 Å². The molecule has 0 saturated heterocycles. The van der Waals surface area contributed by atoms with Crippen LogP contribution in [0.4, 0.5) is 0 Å². The number of rotatable bonds is 3. The fourth-order valence-corrected chi connectivity index (χ4v) is 1.52. The van der Waals surface area contributed by atoms with Gasteiger partial charge in [0.2, 0.25) is 0 Å². The highest BCUT2D eigenvalue weighted by atomic mass is 16.3. The lowest BCUT2D eigenvalue weighted by molar-refractivity contribution is 0.267. The molecule has 1 unspecified atom stereocenters. The summed E-state index contributed by atoms with van der Waals surface area (Å²) < 4.78 is 1.71. The maximum Gasteiger partial charge on any atom is 0.0892 e. The predicted octanol–water partition coefficient (Wildman–Crippen LogP) is 1.38. The van der Waals surface area contributed by atoms with Gasteiger partial charge in [-0.3, -0.25) is 4.68 Å². The Hall–Kier alpha value is -1.52. The van der Waals surface area contributed by atoms with Gasteiger partial charge < -0.3 is 5.11 Å². The third kappa shape index (κ3) is 1.71. The van der Waals surface area contributed by atoms with Crippen molar-refractivity contribution in [1.29, 1.82) is 0 Å². The third-order valence-electron chi connectivity index (χ3n) is 2.26. The Bertz CT molecular complexity index is 377. The molecule has 0 aliphatic carbocycles. The summed E-state index contributed by atoms with van der Waals surface area (Å²) in [6.45, 7) is 3.51. The van der Waals surface area contributed by atoms with Crippen LogP contribution in [-0.2, 0) is 7.05 Å². The first-order chi connectivity index (χ1) is 6.61. The van der Waals surface area contributed by atoms with E-state index in [9.17, 15) is 0 Å². The van der Waals surface area contributed by atoms with Crippen molar-refractivity contribution in [3.8, 4) is 0 Å². The van der Waals surface area contributed by atoms with Gasteiger partial charge in [0.15, 0.2) is 0 Å². The largest absolute Gasteiger partial charge is 0.396 e. The van der Waals surface area contributed by atoms with E-state index in [0.29, 0.717) is 0 Å². The van der Waals surface area contributed by atoms with Crippen LogP contribution in [0.1, 0.15) is 23.0 Å². The number of hydrogen-bond donors (Lipinski definition) is 1. The fraction of sp³-hybridized carbons (Fsp3) is 0.625. The average Bonchev–Trinajstić information content (AvgIpc) is 2.39. The molecule has 0 aliphatic rings. The highest BCUT2D eigenvalue weighted by Crippen LogP contribution is 2.23. The molecule has 1 atom stereocenters. The highest BCUT2D eigenvalue weighted by molar-refractivity contribution is 5.28. The van der Waals surface area contributed by atoms with E-state index in [1.807, 2.05) is 20.9 Å². The molecule has 0 aliphatic heterocycles. The van der Waals surface area contributed by atoms with Crippen LogP contribution in [0.15, 0.2) is 5.11 Å². The van der Waals surface area contributed by atoms with Crippen molar-refractivity contribution in [1.82, 2.24) is 9.78 Å². The molecule has 1 rings (SSSR count). The van der Waals surface area contributed by atoms with Gasteiger partial charge >= 0.3 is 0 Å². The Morgan fingerprint density at radius 1 is 1.64 bits per heavy atom. The second-order valence-electron chi connectivity index (χ2n) is 3.11. The number of aryl methyl sites for hydroxylation is 2. The van der Waals surface area contributed by atoms with E-state index in [0.717, 1.165) is 17.0 Å². The average molecular weight is 195 g/mol. The lowest BCUT2D eigenvalue weighted by Crippen LogP contribution is -2.03. The zero-order valence-corrected chi connectivity index (χ0v) is 8.47. The molecule has 0 bridgehead atoms. The summed E-state index contributed by atoms with van der Waals surface area (Å²) in [4.78, 5) is 2.70. The van der Waals surface area contributed by atoms with Crippen molar-refractivity contribution in [2.45, 2.75) is 19.9 Å². The molecular weight excluding hydrogens is 182 g/mol. The molecule has 76 valence electrons. The van der Waals surface area contributed by atoms with Crippen LogP contribution < -0.4 is 0 Å². The van der Waals surface area contributed by atoms with Gasteiger partial charge in [0.25, 0.3) is 0 Å². The van der Waals surface area contributed by atoms with Crippen molar-refractivity contribution < 1.29 is 5.11 Å². The SMILES string of the molecule is Cc1nn(C)c(C)c1C(CO)N=[N+]=[N-]. The van der Waals surface area contributed by atoms with E-state index in [1.54, 1.807) is 4.68 Å². The van der Waals surface area contributed by atoms with Crippen LogP contribution in [0.25, 0.3) is 10.4 Å². The van der Waals surface area contributed by atoms with Crippen molar-refractivity contribution >= 4 is 0 Å². The van der Waals surface area contributed by atoms with Crippen molar-refractivity contribution in [3.63, 3.8) is 0 Å². The first-order valence-corrected chi connectivity index (χ1v) is 4.27. The first-order valence-electron chi connectivity index (χ1n) is 4.27. The summed E-state index contributed by atoms with van der Waals surface area (Å²) in [6, 6.07) is -0.534. The molecule has 1 heterocycles. The second kappa shape index (κ2) is 4.13. The summed E-state index contributed by atoms with van der Waals surface area (Å²) in [7, 11) is 1.82. The Morgan fingerprint density at radius 3 is 2.64 bits per heavy atom.